The van der Waals surface area contributed by atoms with E-state index in [9.17, 15) is 4.79 Å². The van der Waals surface area contributed by atoms with E-state index in [0.29, 0.717) is 17.1 Å². The van der Waals surface area contributed by atoms with Crippen LogP contribution in [-0.4, -0.2) is 25.1 Å². The van der Waals surface area contributed by atoms with Gasteiger partial charge in [-0.25, -0.2) is 9.78 Å². The Hall–Kier alpha value is -2.56. The number of carbonyl (C=O) groups excluding carboxylic acids is 1. The monoisotopic (exact) mass is 271 g/mol. The van der Waals surface area contributed by atoms with Gasteiger partial charge in [0.2, 0.25) is 0 Å². The predicted molar refractivity (Wildman–Crippen MR) is 79.2 cm³/mol. The molecule has 0 aliphatic rings. The largest absolute Gasteiger partial charge is 0.465 e. The lowest BCUT2D eigenvalue weighted by atomic mass is 10.2. The second-order valence-electron chi connectivity index (χ2n) is 4.48. The third kappa shape index (κ3) is 2.56. The molecule has 20 heavy (non-hydrogen) atoms. The van der Waals surface area contributed by atoms with Gasteiger partial charge in [-0.1, -0.05) is 17.7 Å². The highest BCUT2D eigenvalue weighted by molar-refractivity contribution is 5.98. The number of nitrogens with zero attached hydrogens (tertiary/aromatic N) is 2. The summed E-state index contributed by atoms with van der Waals surface area (Å²) >= 11 is 0. The number of esters is 1. The highest BCUT2D eigenvalue weighted by Gasteiger charge is 2.17. The Morgan fingerprint density at radius 3 is 2.50 bits per heavy atom. The smallest absolute Gasteiger partial charge is 0.340 e. The molecule has 0 bridgehead atoms. The lowest BCUT2D eigenvalue weighted by Crippen LogP contribution is -2.16. The van der Waals surface area contributed by atoms with Gasteiger partial charge in [0.15, 0.2) is 5.82 Å². The number of aryl methyl sites for hydroxylation is 1. The van der Waals surface area contributed by atoms with Crippen LogP contribution in [0.3, 0.4) is 0 Å². The van der Waals surface area contributed by atoms with E-state index in [2.05, 4.69) is 4.98 Å². The minimum atomic E-state index is -0.469. The first kappa shape index (κ1) is 13.9. The van der Waals surface area contributed by atoms with Crippen LogP contribution in [0, 0.1) is 6.92 Å². The number of hydrogen-bond donors (Lipinski definition) is 1. The number of nitrogen functional groups attached to an aromatic ring is 1. The Morgan fingerprint density at radius 2 is 1.90 bits per heavy atom. The number of aromatic nitrogens is 1. The highest BCUT2D eigenvalue weighted by atomic mass is 16.5. The van der Waals surface area contributed by atoms with Crippen molar-refractivity contribution in [3.8, 4) is 0 Å². The van der Waals surface area contributed by atoms with Crippen molar-refractivity contribution in [1.29, 1.82) is 0 Å². The van der Waals surface area contributed by atoms with E-state index in [1.807, 2.05) is 43.1 Å². The molecule has 1 aromatic carbocycles. The molecule has 0 radical (unpaired) electrons. The number of methoxy groups -OCH3 is 1. The predicted octanol–water partition coefficient (Wildman–Crippen LogP) is 2.53. The molecule has 0 spiro atoms. The molecule has 1 heterocycles. The summed E-state index contributed by atoms with van der Waals surface area (Å²) in [6.45, 7) is 2.02. The molecule has 0 saturated heterocycles. The molecule has 2 aromatic rings. The number of rotatable bonds is 3. The zero-order chi connectivity index (χ0) is 14.7. The molecule has 0 fully saturated rings. The Labute approximate surface area is 118 Å². The molecular weight excluding hydrogens is 254 g/mol. The molecule has 104 valence electrons. The Bertz CT molecular complexity index is 624. The molecule has 5 nitrogen and oxygen atoms in total. The van der Waals surface area contributed by atoms with E-state index in [1.165, 1.54) is 12.7 Å². The zero-order valence-corrected chi connectivity index (χ0v) is 11.8. The fraction of sp³-hybridized carbons (Fsp3) is 0.200. The molecule has 2 rings (SSSR count). The van der Waals surface area contributed by atoms with Gasteiger partial charge < -0.3 is 15.4 Å². The first-order valence-corrected chi connectivity index (χ1v) is 6.17. The number of nitrogens with two attached hydrogens (primary N) is 1. The van der Waals surface area contributed by atoms with Crippen molar-refractivity contribution >= 4 is 23.2 Å². The van der Waals surface area contributed by atoms with Gasteiger partial charge in [-0.15, -0.1) is 0 Å². The summed E-state index contributed by atoms with van der Waals surface area (Å²) in [6.07, 6.45) is 1.54. The van der Waals surface area contributed by atoms with E-state index in [4.69, 9.17) is 10.5 Å². The van der Waals surface area contributed by atoms with E-state index in [1.54, 1.807) is 12.3 Å². The average molecular weight is 271 g/mol. The molecular formula is C15H17N3O2. The topological polar surface area (TPSA) is 68.5 Å². The van der Waals surface area contributed by atoms with E-state index < -0.39 is 5.97 Å². The third-order valence-corrected chi connectivity index (χ3v) is 3.11. The summed E-state index contributed by atoms with van der Waals surface area (Å²) in [5, 5.41) is 0. The average Bonchev–Trinajstić information content (AvgIpc) is 2.47. The number of benzene rings is 1. The summed E-state index contributed by atoms with van der Waals surface area (Å²) in [6, 6.07) is 9.51. The van der Waals surface area contributed by atoms with Crippen LogP contribution in [0.2, 0.25) is 0 Å². The first-order valence-electron chi connectivity index (χ1n) is 6.17. The van der Waals surface area contributed by atoms with Crippen molar-refractivity contribution < 1.29 is 9.53 Å². The van der Waals surface area contributed by atoms with Crippen LogP contribution in [0.25, 0.3) is 0 Å². The molecule has 0 saturated carbocycles. The Kier molecular flexibility index (Phi) is 3.89. The standard InChI is InChI=1S/C15H17N3O2/c1-10-4-6-11(7-5-10)18(2)14-13(16)12(8-9-17-14)15(19)20-3/h4-9H,16H2,1-3H3. The van der Waals surface area contributed by atoms with Crippen molar-refractivity contribution in [2.75, 3.05) is 24.8 Å². The van der Waals surface area contributed by atoms with Gasteiger partial charge in [0.25, 0.3) is 0 Å². The van der Waals surface area contributed by atoms with Crippen LogP contribution >= 0.6 is 0 Å². The SMILES string of the molecule is COC(=O)c1ccnc(N(C)c2ccc(C)cc2)c1N. The second-order valence-corrected chi connectivity index (χ2v) is 4.48. The van der Waals surface area contributed by atoms with Crippen LogP contribution in [0.5, 0.6) is 0 Å². The molecule has 0 aliphatic heterocycles. The summed E-state index contributed by atoms with van der Waals surface area (Å²) < 4.78 is 4.71. The van der Waals surface area contributed by atoms with Gasteiger partial charge in [-0.2, -0.15) is 0 Å². The van der Waals surface area contributed by atoms with Crippen LogP contribution in [0.4, 0.5) is 17.2 Å². The molecule has 2 N–H and O–H groups in total. The lowest BCUT2D eigenvalue weighted by Gasteiger charge is -2.21. The normalized spacial score (nSPS) is 10.2. The number of hydrogen-bond acceptors (Lipinski definition) is 5. The number of ether oxygens (including phenoxy) is 1. The fourth-order valence-electron chi connectivity index (χ4n) is 1.91. The van der Waals surface area contributed by atoms with Crippen LogP contribution in [0.1, 0.15) is 15.9 Å². The van der Waals surface area contributed by atoms with Crippen LogP contribution in [-0.2, 0) is 4.74 Å². The Morgan fingerprint density at radius 1 is 1.25 bits per heavy atom. The van der Waals surface area contributed by atoms with Gasteiger partial charge >= 0.3 is 5.97 Å². The maximum atomic E-state index is 11.6. The summed E-state index contributed by atoms with van der Waals surface area (Å²) in [7, 11) is 3.18. The van der Waals surface area contributed by atoms with Crippen molar-refractivity contribution in [3.05, 3.63) is 47.7 Å². The molecule has 1 aromatic heterocycles. The second kappa shape index (κ2) is 5.61. The van der Waals surface area contributed by atoms with E-state index in [0.717, 1.165) is 5.69 Å². The molecule has 0 unspecified atom stereocenters. The summed E-state index contributed by atoms with van der Waals surface area (Å²) in [5.41, 5.74) is 8.76. The van der Waals surface area contributed by atoms with E-state index >= 15 is 0 Å². The molecule has 0 aliphatic carbocycles. The van der Waals surface area contributed by atoms with Gasteiger partial charge in [-0.3, -0.25) is 0 Å². The maximum Gasteiger partial charge on any atom is 0.340 e. The van der Waals surface area contributed by atoms with Crippen molar-refractivity contribution in [1.82, 2.24) is 4.98 Å². The molecule has 0 atom stereocenters. The van der Waals surface area contributed by atoms with Gasteiger partial charge in [0.1, 0.15) is 0 Å². The fourth-order valence-corrected chi connectivity index (χ4v) is 1.91. The minimum Gasteiger partial charge on any atom is -0.465 e. The number of carbonyl (C=O) groups is 1. The number of pyridine rings is 1. The van der Waals surface area contributed by atoms with E-state index in [-0.39, 0.29) is 0 Å². The van der Waals surface area contributed by atoms with Gasteiger partial charge in [0.05, 0.1) is 18.4 Å². The lowest BCUT2D eigenvalue weighted by molar-refractivity contribution is 0.0602. The number of anilines is 3. The van der Waals surface area contributed by atoms with Crippen LogP contribution < -0.4 is 10.6 Å². The van der Waals surface area contributed by atoms with Crippen molar-refractivity contribution in [2.45, 2.75) is 6.92 Å². The summed E-state index contributed by atoms with van der Waals surface area (Å²) in [4.78, 5) is 17.7. The molecule has 0 amide bonds. The minimum absolute atomic E-state index is 0.308. The van der Waals surface area contributed by atoms with Gasteiger partial charge in [-0.05, 0) is 25.1 Å². The first-order chi connectivity index (χ1) is 9.54. The van der Waals surface area contributed by atoms with Gasteiger partial charge in [0, 0.05) is 18.9 Å². The van der Waals surface area contributed by atoms with Crippen molar-refractivity contribution in [2.24, 2.45) is 0 Å². The maximum absolute atomic E-state index is 11.6. The Balaban J connectivity index is 2.42. The quantitative estimate of drug-likeness (QED) is 0.869. The zero-order valence-electron chi connectivity index (χ0n) is 11.8. The highest BCUT2D eigenvalue weighted by Crippen LogP contribution is 2.29. The third-order valence-electron chi connectivity index (χ3n) is 3.11. The molecule has 5 heteroatoms. The van der Waals surface area contributed by atoms with Crippen molar-refractivity contribution in [3.63, 3.8) is 0 Å². The summed E-state index contributed by atoms with van der Waals surface area (Å²) in [5.74, 6) is 0.0557. The van der Waals surface area contributed by atoms with Crippen LogP contribution in [0.15, 0.2) is 36.5 Å².